The van der Waals surface area contributed by atoms with E-state index in [4.69, 9.17) is 9.79 Å². The first-order chi connectivity index (χ1) is 12.6. The Balaban J connectivity index is 1.88. The summed E-state index contributed by atoms with van der Waals surface area (Å²) in [6, 6.07) is 7.97. The molecule has 0 saturated carbocycles. The van der Waals surface area contributed by atoms with Crippen LogP contribution in [0.4, 0.5) is 14.5 Å². The Kier molecular flexibility index (Phi) is 5.47. The van der Waals surface area contributed by atoms with Crippen molar-refractivity contribution in [3.8, 4) is 0 Å². The molecule has 0 spiro atoms. The topological polar surface area (TPSA) is 99.5 Å². The van der Waals surface area contributed by atoms with Crippen molar-refractivity contribution in [2.24, 2.45) is 0 Å². The van der Waals surface area contributed by atoms with Gasteiger partial charge in [0, 0.05) is 32.6 Å². The molecule has 2 aromatic heterocycles. The molecule has 0 atom stereocenters. The van der Waals surface area contributed by atoms with Gasteiger partial charge < -0.3 is 15.1 Å². The second kappa shape index (κ2) is 7.37. The molecule has 3 N–H and O–H groups in total. The lowest BCUT2D eigenvalue weighted by Crippen LogP contribution is -2.14. The van der Waals surface area contributed by atoms with Crippen LogP contribution in [-0.4, -0.2) is 20.7 Å². The lowest BCUT2D eigenvalue weighted by molar-refractivity contribution is -0.115. The number of nitrogens with one attached hydrogen (secondary N) is 1. The molecule has 0 aliphatic rings. The highest BCUT2D eigenvalue weighted by Crippen LogP contribution is 2.62. The average molecular weight is 477 g/mol. The van der Waals surface area contributed by atoms with Gasteiger partial charge in [-0.05, 0) is 45.8 Å². The van der Waals surface area contributed by atoms with Crippen LogP contribution < -0.4 is 5.32 Å². The van der Waals surface area contributed by atoms with Gasteiger partial charge in [-0.15, -0.1) is 11.3 Å². The van der Waals surface area contributed by atoms with Gasteiger partial charge in [0.25, 0.3) is 0 Å². The molecule has 1 aromatic carbocycles. The van der Waals surface area contributed by atoms with E-state index in [1.807, 2.05) is 0 Å². The number of hydrogen-bond donors (Lipinski definition) is 3. The van der Waals surface area contributed by atoms with E-state index in [2.05, 4.69) is 26.2 Å². The number of alkyl halides is 2. The monoisotopic (exact) mass is 476 g/mol. The predicted octanol–water partition coefficient (Wildman–Crippen LogP) is 4.47. The smallest absolute Gasteiger partial charge is 0.326 e. The molecule has 3 rings (SSSR count). The molecule has 0 bridgehead atoms. The first kappa shape index (κ1) is 20.0. The van der Waals surface area contributed by atoms with Crippen molar-refractivity contribution in [1.29, 1.82) is 0 Å². The summed E-state index contributed by atoms with van der Waals surface area (Å²) in [5.41, 5.74) is -3.21. The summed E-state index contributed by atoms with van der Waals surface area (Å²) in [7, 11) is -5.67. The summed E-state index contributed by atoms with van der Waals surface area (Å²) in [4.78, 5) is 33.2. The van der Waals surface area contributed by atoms with Crippen molar-refractivity contribution < 1.29 is 27.9 Å². The maximum Gasteiger partial charge on any atom is 0.400 e. The molecule has 0 aliphatic carbocycles. The lowest BCUT2D eigenvalue weighted by Gasteiger charge is -2.16. The number of halogens is 3. The largest absolute Gasteiger partial charge is 0.400 e. The molecule has 11 heteroatoms. The summed E-state index contributed by atoms with van der Waals surface area (Å²) in [5, 5.41) is 2.99. The fourth-order valence-corrected chi connectivity index (χ4v) is 5.29. The van der Waals surface area contributed by atoms with Crippen molar-refractivity contribution in [2.75, 3.05) is 5.32 Å². The van der Waals surface area contributed by atoms with Crippen LogP contribution in [0.15, 0.2) is 47.2 Å². The van der Waals surface area contributed by atoms with Crippen molar-refractivity contribution in [1.82, 2.24) is 4.98 Å². The Labute approximate surface area is 164 Å². The van der Waals surface area contributed by atoms with E-state index in [0.29, 0.717) is 27.1 Å². The Hall–Kier alpha value is -1.71. The normalized spacial score (nSPS) is 12.3. The highest BCUT2D eigenvalue weighted by atomic mass is 79.9. The molecule has 0 fully saturated rings. The number of nitrogens with zero attached hydrogens (tertiary/aromatic N) is 1. The molecule has 0 radical (unpaired) electrons. The Morgan fingerprint density at radius 2 is 2.07 bits per heavy atom. The number of pyridine rings is 1. The maximum atomic E-state index is 14.1. The van der Waals surface area contributed by atoms with Crippen LogP contribution in [0, 0.1) is 0 Å². The zero-order valence-corrected chi connectivity index (χ0v) is 16.7. The van der Waals surface area contributed by atoms with E-state index in [1.54, 1.807) is 24.5 Å². The molecule has 6 nitrogen and oxygen atoms in total. The lowest BCUT2D eigenvalue weighted by atomic mass is 10.2. The van der Waals surface area contributed by atoms with E-state index >= 15 is 0 Å². The molecular formula is C16H12BrF2N2O4PS. The van der Waals surface area contributed by atoms with E-state index in [9.17, 15) is 18.1 Å². The molecule has 142 valence electrons. The van der Waals surface area contributed by atoms with E-state index in [1.165, 1.54) is 18.2 Å². The minimum atomic E-state index is -5.67. The van der Waals surface area contributed by atoms with Gasteiger partial charge in [0.1, 0.15) is 4.88 Å². The summed E-state index contributed by atoms with van der Waals surface area (Å²) in [6.07, 6.45) is 3.25. The van der Waals surface area contributed by atoms with Gasteiger partial charge in [0.15, 0.2) is 0 Å². The number of fused-ring (bicyclic) bond motifs is 1. The molecule has 3 aromatic rings. The summed E-state index contributed by atoms with van der Waals surface area (Å²) < 4.78 is 39.5. The van der Waals surface area contributed by atoms with Crippen LogP contribution in [0.5, 0.6) is 0 Å². The van der Waals surface area contributed by atoms with Gasteiger partial charge >= 0.3 is 13.3 Å². The van der Waals surface area contributed by atoms with Crippen LogP contribution >= 0.6 is 34.9 Å². The summed E-state index contributed by atoms with van der Waals surface area (Å²) in [6.45, 7) is 0. The molecule has 0 aliphatic heterocycles. The number of carbonyl (C=O) groups excluding carboxylic acids is 1. The molecule has 27 heavy (non-hydrogen) atoms. The number of benzene rings is 1. The third-order valence-electron chi connectivity index (χ3n) is 3.64. The second-order valence-corrected chi connectivity index (χ2v) is 9.12. The van der Waals surface area contributed by atoms with Crippen LogP contribution in [-0.2, 0) is 21.4 Å². The quantitative estimate of drug-likeness (QED) is 0.472. The van der Waals surface area contributed by atoms with E-state index < -0.39 is 18.1 Å². The molecule has 0 saturated heterocycles. The van der Waals surface area contributed by atoms with Gasteiger partial charge in [-0.25, -0.2) is 0 Å². The van der Waals surface area contributed by atoms with Crippen molar-refractivity contribution in [3.05, 3.63) is 57.6 Å². The fraction of sp³-hybridized carbons (Fsp3) is 0.125. The highest BCUT2D eigenvalue weighted by molar-refractivity contribution is 9.10. The molecular weight excluding hydrogens is 465 g/mol. The van der Waals surface area contributed by atoms with Crippen molar-refractivity contribution in [3.63, 3.8) is 0 Å². The number of carbonyl (C=O) groups is 1. The van der Waals surface area contributed by atoms with Crippen LogP contribution in [0.2, 0.25) is 0 Å². The number of amides is 1. The zero-order chi connectivity index (χ0) is 19.8. The molecule has 2 heterocycles. The number of aromatic nitrogens is 1. The first-order valence-corrected chi connectivity index (χ1v) is 10.7. The third-order valence-corrected chi connectivity index (χ3v) is 7.07. The minimum Gasteiger partial charge on any atom is -0.326 e. The standard InChI is InChI=1S/C16H12BrF2N2O4PS/c17-14-11-7-10(21-13(22)6-9-2-1-5-20-8-9)3-4-12(11)27-15(14)16(18,19)26(23,24)25/h1-5,7-8H,6H2,(H,21,22)(H2,23,24,25). The Morgan fingerprint density at radius 1 is 1.33 bits per heavy atom. The Bertz CT molecular complexity index is 1060. The van der Waals surface area contributed by atoms with Crippen molar-refractivity contribution in [2.45, 2.75) is 12.1 Å². The number of thiophene rings is 1. The van der Waals surface area contributed by atoms with E-state index in [-0.39, 0.29) is 16.8 Å². The number of rotatable bonds is 5. The van der Waals surface area contributed by atoms with Crippen LogP contribution in [0.3, 0.4) is 0 Å². The zero-order valence-electron chi connectivity index (χ0n) is 13.4. The molecule has 1 amide bonds. The molecule has 0 unspecified atom stereocenters. The van der Waals surface area contributed by atoms with Gasteiger partial charge in [0.2, 0.25) is 5.91 Å². The van der Waals surface area contributed by atoms with Gasteiger partial charge in [-0.3, -0.25) is 14.3 Å². The van der Waals surface area contributed by atoms with Gasteiger partial charge in [-0.2, -0.15) is 8.78 Å². The fourth-order valence-electron chi connectivity index (χ4n) is 2.36. The van der Waals surface area contributed by atoms with Crippen LogP contribution in [0.1, 0.15) is 10.4 Å². The number of hydrogen-bond acceptors (Lipinski definition) is 4. The maximum absolute atomic E-state index is 14.1. The van der Waals surface area contributed by atoms with Crippen LogP contribution in [0.25, 0.3) is 10.1 Å². The average Bonchev–Trinajstić information content (AvgIpc) is 2.92. The van der Waals surface area contributed by atoms with E-state index in [0.717, 1.165) is 5.56 Å². The predicted molar refractivity (Wildman–Crippen MR) is 102 cm³/mol. The van der Waals surface area contributed by atoms with Gasteiger partial charge in [-0.1, -0.05) is 6.07 Å². The highest BCUT2D eigenvalue weighted by Gasteiger charge is 2.53. The summed E-state index contributed by atoms with van der Waals surface area (Å²) >= 11 is 3.58. The van der Waals surface area contributed by atoms with Gasteiger partial charge in [0.05, 0.1) is 6.42 Å². The minimum absolute atomic E-state index is 0.0954. The number of anilines is 1. The first-order valence-electron chi connectivity index (χ1n) is 7.44. The summed E-state index contributed by atoms with van der Waals surface area (Å²) in [5.74, 6) is -0.311. The second-order valence-electron chi connectivity index (χ2n) is 5.63. The SMILES string of the molecule is O=C(Cc1cccnc1)Nc1ccc2sc(C(F)(F)P(=O)(O)O)c(Br)c2c1. The Morgan fingerprint density at radius 3 is 2.70 bits per heavy atom. The van der Waals surface area contributed by atoms with Crippen molar-refractivity contribution >= 4 is 56.5 Å². The third kappa shape index (κ3) is 4.09.